The number of hydrogen-bond donors (Lipinski definition) is 1. The molecule has 0 bridgehead atoms. The zero-order valence-electron chi connectivity index (χ0n) is 13.1. The van der Waals surface area contributed by atoms with Gasteiger partial charge in [0.1, 0.15) is 18.8 Å². The van der Waals surface area contributed by atoms with Gasteiger partial charge in [-0.05, 0) is 32.0 Å². The molecule has 0 amide bonds. The van der Waals surface area contributed by atoms with Crippen molar-refractivity contribution in [2.24, 2.45) is 0 Å². The molecule has 0 unspecified atom stereocenters. The molecule has 1 aromatic carbocycles. The minimum absolute atomic E-state index is 0.429. The van der Waals surface area contributed by atoms with Crippen molar-refractivity contribution in [2.45, 2.75) is 19.4 Å². The molecule has 2 rings (SSSR count). The van der Waals surface area contributed by atoms with Gasteiger partial charge in [0.15, 0.2) is 11.5 Å². The summed E-state index contributed by atoms with van der Waals surface area (Å²) >= 11 is 0. The van der Waals surface area contributed by atoms with Crippen molar-refractivity contribution >= 4 is 0 Å². The monoisotopic (exact) mass is 306 g/mol. The van der Waals surface area contributed by atoms with E-state index in [2.05, 4.69) is 11.8 Å². The number of ether oxygens (including phenoxy) is 4. The summed E-state index contributed by atoms with van der Waals surface area (Å²) < 4.78 is 22.2. The fourth-order valence-corrected chi connectivity index (χ4v) is 1.79. The summed E-state index contributed by atoms with van der Waals surface area (Å²) in [6.07, 6.45) is 0. The van der Waals surface area contributed by atoms with E-state index >= 15 is 0 Å². The Morgan fingerprint density at radius 1 is 0.909 bits per heavy atom. The topological polar surface area (TPSA) is 57.2 Å². The Hall–Kier alpha value is -1.74. The van der Waals surface area contributed by atoms with E-state index in [1.165, 1.54) is 0 Å². The Morgan fingerprint density at radius 3 is 2.14 bits per heavy atom. The van der Waals surface area contributed by atoms with Crippen molar-refractivity contribution in [3.8, 4) is 23.3 Å². The lowest BCUT2D eigenvalue weighted by Crippen LogP contribution is -2.16. The zero-order chi connectivity index (χ0) is 15.8. The molecule has 0 fully saturated rings. The Labute approximate surface area is 131 Å². The van der Waals surface area contributed by atoms with Crippen LogP contribution >= 0.6 is 0 Å². The van der Waals surface area contributed by atoms with Crippen LogP contribution in [-0.2, 0) is 9.47 Å². The van der Waals surface area contributed by atoms with Crippen LogP contribution in [0.4, 0.5) is 0 Å². The molecular weight excluding hydrogens is 284 g/mol. The van der Waals surface area contributed by atoms with Gasteiger partial charge in [-0.15, -0.1) is 0 Å². The van der Waals surface area contributed by atoms with Gasteiger partial charge in [-0.1, -0.05) is 11.8 Å². The highest BCUT2D eigenvalue weighted by atomic mass is 16.6. The molecule has 120 valence electrons. The summed E-state index contributed by atoms with van der Waals surface area (Å²) in [5.74, 6) is 6.98. The number of benzene rings is 1. The molecule has 0 saturated heterocycles. The van der Waals surface area contributed by atoms with E-state index in [1.54, 1.807) is 19.9 Å². The van der Waals surface area contributed by atoms with Gasteiger partial charge in [0.2, 0.25) is 0 Å². The second kappa shape index (κ2) is 8.04. The Morgan fingerprint density at radius 2 is 1.50 bits per heavy atom. The second-order valence-electron chi connectivity index (χ2n) is 5.39. The lowest BCUT2D eigenvalue weighted by atomic mass is 10.1. The van der Waals surface area contributed by atoms with Crippen LogP contribution in [0, 0.1) is 11.8 Å². The van der Waals surface area contributed by atoms with E-state index in [4.69, 9.17) is 18.9 Å². The van der Waals surface area contributed by atoms with Crippen LogP contribution in [0.3, 0.4) is 0 Å². The molecule has 0 aromatic heterocycles. The normalized spacial score (nSPS) is 16.7. The number of fused-ring (bicyclic) bond motifs is 1. The van der Waals surface area contributed by atoms with Crippen LogP contribution in [0.5, 0.6) is 11.5 Å². The molecule has 1 N–H and O–H groups in total. The smallest absolute Gasteiger partial charge is 0.162 e. The van der Waals surface area contributed by atoms with E-state index in [0.29, 0.717) is 51.1 Å². The first-order chi connectivity index (χ1) is 10.5. The van der Waals surface area contributed by atoms with Crippen LogP contribution in [-0.4, -0.2) is 50.3 Å². The first-order valence-electron chi connectivity index (χ1n) is 7.35. The van der Waals surface area contributed by atoms with Crippen molar-refractivity contribution in [1.82, 2.24) is 0 Å². The third-order valence-corrected chi connectivity index (χ3v) is 2.80. The number of aliphatic hydroxyl groups is 1. The molecule has 0 atom stereocenters. The van der Waals surface area contributed by atoms with Gasteiger partial charge in [-0.3, -0.25) is 0 Å². The largest absolute Gasteiger partial charge is 0.487 e. The van der Waals surface area contributed by atoms with Crippen LogP contribution in [0.1, 0.15) is 19.4 Å². The van der Waals surface area contributed by atoms with Crippen molar-refractivity contribution in [3.05, 3.63) is 23.8 Å². The number of rotatable bonds is 0. The van der Waals surface area contributed by atoms with Crippen molar-refractivity contribution < 1.29 is 24.1 Å². The summed E-state index contributed by atoms with van der Waals surface area (Å²) in [4.78, 5) is 0. The van der Waals surface area contributed by atoms with Crippen LogP contribution in [0.2, 0.25) is 0 Å². The SMILES string of the molecule is CC(C)(O)C#Cc1ccc2c(c1)OCCOCCOCCO2. The minimum atomic E-state index is -1.03. The quantitative estimate of drug-likeness (QED) is 0.738. The van der Waals surface area contributed by atoms with Gasteiger partial charge >= 0.3 is 0 Å². The first kappa shape index (κ1) is 16.6. The van der Waals surface area contributed by atoms with Crippen LogP contribution in [0.25, 0.3) is 0 Å². The molecule has 22 heavy (non-hydrogen) atoms. The van der Waals surface area contributed by atoms with E-state index in [-0.39, 0.29) is 0 Å². The molecule has 5 heteroatoms. The van der Waals surface area contributed by atoms with E-state index in [9.17, 15) is 5.11 Å². The molecule has 0 saturated carbocycles. The average Bonchev–Trinajstić information content (AvgIpc) is 2.45. The fraction of sp³-hybridized carbons (Fsp3) is 0.529. The molecular formula is C17H22O5. The first-order valence-corrected chi connectivity index (χ1v) is 7.35. The molecule has 1 aliphatic rings. The third kappa shape index (κ3) is 5.94. The van der Waals surface area contributed by atoms with Gasteiger partial charge in [-0.25, -0.2) is 0 Å². The molecule has 1 aliphatic heterocycles. The van der Waals surface area contributed by atoms with Gasteiger partial charge in [0.05, 0.1) is 26.4 Å². The molecule has 0 aliphatic carbocycles. The Balaban J connectivity index is 2.15. The highest BCUT2D eigenvalue weighted by Crippen LogP contribution is 2.28. The summed E-state index contributed by atoms with van der Waals surface area (Å²) in [6, 6.07) is 5.46. The molecule has 0 radical (unpaired) electrons. The highest BCUT2D eigenvalue weighted by Gasteiger charge is 2.09. The maximum atomic E-state index is 9.67. The standard InChI is InChI=1S/C17H22O5/c1-17(2,18)6-5-14-3-4-15-16(13-14)22-12-10-20-8-7-19-9-11-21-15/h3-4,13,18H,7-12H2,1-2H3. The second-order valence-corrected chi connectivity index (χ2v) is 5.39. The fourth-order valence-electron chi connectivity index (χ4n) is 1.79. The van der Waals surface area contributed by atoms with E-state index < -0.39 is 5.60 Å². The van der Waals surface area contributed by atoms with Crippen molar-refractivity contribution in [2.75, 3.05) is 39.6 Å². The summed E-state index contributed by atoms with van der Waals surface area (Å²) in [7, 11) is 0. The van der Waals surface area contributed by atoms with Crippen LogP contribution in [0.15, 0.2) is 18.2 Å². The van der Waals surface area contributed by atoms with Gasteiger partial charge in [0.25, 0.3) is 0 Å². The zero-order valence-corrected chi connectivity index (χ0v) is 13.1. The Bertz CT molecular complexity index is 536. The maximum Gasteiger partial charge on any atom is 0.162 e. The predicted octanol–water partition coefficient (Wildman–Crippen LogP) is 1.61. The molecule has 1 aromatic rings. The molecule has 1 heterocycles. The lowest BCUT2D eigenvalue weighted by molar-refractivity contribution is 0.0223. The maximum absolute atomic E-state index is 9.67. The highest BCUT2D eigenvalue weighted by molar-refractivity contribution is 5.48. The van der Waals surface area contributed by atoms with Crippen molar-refractivity contribution in [3.63, 3.8) is 0 Å². The molecule has 0 spiro atoms. The van der Waals surface area contributed by atoms with E-state index in [1.807, 2.05) is 12.1 Å². The Kier molecular flexibility index (Phi) is 6.08. The van der Waals surface area contributed by atoms with Gasteiger partial charge in [0, 0.05) is 5.56 Å². The average molecular weight is 306 g/mol. The van der Waals surface area contributed by atoms with Crippen molar-refractivity contribution in [1.29, 1.82) is 0 Å². The van der Waals surface area contributed by atoms with Crippen LogP contribution < -0.4 is 9.47 Å². The lowest BCUT2D eigenvalue weighted by Gasteiger charge is -2.15. The third-order valence-electron chi connectivity index (χ3n) is 2.80. The molecule has 5 nitrogen and oxygen atoms in total. The number of hydrogen-bond acceptors (Lipinski definition) is 5. The summed E-state index contributed by atoms with van der Waals surface area (Å²) in [5, 5.41) is 9.67. The van der Waals surface area contributed by atoms with Gasteiger partial charge < -0.3 is 24.1 Å². The minimum Gasteiger partial charge on any atom is -0.487 e. The summed E-state index contributed by atoms with van der Waals surface area (Å²) in [6.45, 7) is 6.26. The summed E-state index contributed by atoms with van der Waals surface area (Å²) in [5.41, 5.74) is -0.271. The predicted molar refractivity (Wildman–Crippen MR) is 82.2 cm³/mol. The van der Waals surface area contributed by atoms with Gasteiger partial charge in [-0.2, -0.15) is 0 Å². The van der Waals surface area contributed by atoms with E-state index in [0.717, 1.165) is 5.56 Å².